The lowest BCUT2D eigenvalue weighted by Gasteiger charge is -2.23. The third kappa shape index (κ3) is 7.72. The monoisotopic (exact) mass is 480 g/mol. The van der Waals surface area contributed by atoms with Crippen molar-refractivity contribution in [3.8, 4) is 0 Å². The van der Waals surface area contributed by atoms with E-state index in [-0.39, 0.29) is 24.0 Å². The molecule has 0 saturated heterocycles. The van der Waals surface area contributed by atoms with Crippen LogP contribution in [0.2, 0.25) is 0 Å². The second-order valence-corrected chi connectivity index (χ2v) is 7.73. The standard InChI is InChI=1S/C17H32N6S.HI/c1-13(2)12-23-15(21-22-17(23)24-3)10-7-11-19-16(18)20-14-8-5-4-6-9-14;/h13-14H,4-12H2,1-3H3,(H3,18,19,20);1H. The van der Waals surface area contributed by atoms with E-state index < -0.39 is 0 Å². The van der Waals surface area contributed by atoms with Gasteiger partial charge in [0.15, 0.2) is 11.1 Å². The van der Waals surface area contributed by atoms with Gasteiger partial charge in [0.05, 0.1) is 0 Å². The average Bonchev–Trinajstić information content (AvgIpc) is 2.93. The maximum atomic E-state index is 6.01. The second-order valence-electron chi connectivity index (χ2n) is 6.96. The summed E-state index contributed by atoms with van der Waals surface area (Å²) in [6, 6.07) is 0.515. The van der Waals surface area contributed by atoms with E-state index in [1.165, 1.54) is 32.1 Å². The van der Waals surface area contributed by atoms with Crippen LogP contribution in [0.15, 0.2) is 10.1 Å². The van der Waals surface area contributed by atoms with Crippen molar-refractivity contribution in [3.05, 3.63) is 5.82 Å². The summed E-state index contributed by atoms with van der Waals surface area (Å²) < 4.78 is 2.24. The lowest BCUT2D eigenvalue weighted by Crippen LogP contribution is -2.41. The molecule has 0 aliphatic heterocycles. The summed E-state index contributed by atoms with van der Waals surface area (Å²) in [6.07, 6.45) is 10.3. The van der Waals surface area contributed by atoms with E-state index in [1.807, 2.05) is 6.26 Å². The number of nitrogens with two attached hydrogens (primary N) is 1. The van der Waals surface area contributed by atoms with Crippen molar-refractivity contribution in [2.75, 3.05) is 12.8 Å². The van der Waals surface area contributed by atoms with Crippen LogP contribution in [-0.2, 0) is 13.0 Å². The zero-order chi connectivity index (χ0) is 17.4. The van der Waals surface area contributed by atoms with Gasteiger partial charge in [-0.15, -0.1) is 34.2 Å². The van der Waals surface area contributed by atoms with Gasteiger partial charge < -0.3 is 15.6 Å². The summed E-state index contributed by atoms with van der Waals surface area (Å²) in [5.74, 6) is 2.23. The minimum absolute atomic E-state index is 0. The number of thioether (sulfide) groups is 1. The molecule has 1 aliphatic carbocycles. The van der Waals surface area contributed by atoms with Crippen molar-refractivity contribution >= 4 is 41.7 Å². The molecule has 6 nitrogen and oxygen atoms in total. The molecule has 1 saturated carbocycles. The molecule has 0 radical (unpaired) electrons. The van der Waals surface area contributed by atoms with Gasteiger partial charge >= 0.3 is 0 Å². The molecular formula is C17H33IN6S. The van der Waals surface area contributed by atoms with Crippen LogP contribution in [0.5, 0.6) is 0 Å². The van der Waals surface area contributed by atoms with Crippen molar-refractivity contribution in [3.63, 3.8) is 0 Å². The summed E-state index contributed by atoms with van der Waals surface area (Å²) in [5, 5.41) is 13.0. The van der Waals surface area contributed by atoms with E-state index in [0.29, 0.717) is 17.9 Å². The van der Waals surface area contributed by atoms with Gasteiger partial charge in [-0.2, -0.15) is 0 Å². The number of guanidine groups is 1. The zero-order valence-electron chi connectivity index (χ0n) is 15.7. The minimum Gasteiger partial charge on any atom is -0.370 e. The van der Waals surface area contributed by atoms with E-state index in [1.54, 1.807) is 11.8 Å². The van der Waals surface area contributed by atoms with Crippen molar-refractivity contribution in [1.82, 2.24) is 20.1 Å². The van der Waals surface area contributed by atoms with Crippen LogP contribution in [-0.4, -0.2) is 39.6 Å². The van der Waals surface area contributed by atoms with Crippen LogP contribution in [0.3, 0.4) is 0 Å². The predicted octanol–water partition coefficient (Wildman–Crippen LogP) is 3.44. The summed E-state index contributed by atoms with van der Waals surface area (Å²) >= 11 is 1.65. The highest BCUT2D eigenvalue weighted by atomic mass is 127. The Kier molecular flexibility index (Phi) is 10.8. The van der Waals surface area contributed by atoms with Gasteiger partial charge in [0.2, 0.25) is 0 Å². The normalized spacial score (nSPS) is 16.1. The molecule has 0 bridgehead atoms. The molecule has 0 amide bonds. The smallest absolute Gasteiger partial charge is 0.190 e. The maximum Gasteiger partial charge on any atom is 0.190 e. The highest BCUT2D eigenvalue weighted by Crippen LogP contribution is 2.18. The Hall–Kier alpha value is -0.510. The third-order valence-electron chi connectivity index (χ3n) is 4.32. The van der Waals surface area contributed by atoms with Gasteiger partial charge in [-0.05, 0) is 31.4 Å². The number of nitrogens with zero attached hydrogens (tertiary/aromatic N) is 4. The molecule has 0 atom stereocenters. The van der Waals surface area contributed by atoms with E-state index in [9.17, 15) is 0 Å². The summed E-state index contributed by atoms with van der Waals surface area (Å²) in [5.41, 5.74) is 6.01. The first-order chi connectivity index (χ1) is 11.6. The number of rotatable bonds is 8. The molecule has 0 aromatic carbocycles. The van der Waals surface area contributed by atoms with Crippen LogP contribution in [0, 0.1) is 5.92 Å². The van der Waals surface area contributed by atoms with Crippen molar-refractivity contribution in [2.24, 2.45) is 16.6 Å². The van der Waals surface area contributed by atoms with E-state index >= 15 is 0 Å². The minimum atomic E-state index is 0. The van der Waals surface area contributed by atoms with E-state index in [0.717, 1.165) is 36.9 Å². The van der Waals surface area contributed by atoms with Crippen molar-refractivity contribution in [2.45, 2.75) is 76.5 Å². The summed E-state index contributed by atoms with van der Waals surface area (Å²) in [4.78, 5) is 4.47. The lowest BCUT2D eigenvalue weighted by molar-refractivity contribution is 0.412. The molecule has 2 rings (SSSR count). The van der Waals surface area contributed by atoms with Crippen LogP contribution >= 0.6 is 35.7 Å². The van der Waals surface area contributed by atoms with Gasteiger partial charge in [-0.1, -0.05) is 44.9 Å². The van der Waals surface area contributed by atoms with Gasteiger partial charge in [-0.25, -0.2) is 0 Å². The molecule has 1 aromatic heterocycles. The predicted molar refractivity (Wildman–Crippen MR) is 117 cm³/mol. The molecule has 1 aromatic rings. The fourth-order valence-electron chi connectivity index (χ4n) is 3.14. The molecule has 3 N–H and O–H groups in total. The zero-order valence-corrected chi connectivity index (χ0v) is 18.8. The van der Waals surface area contributed by atoms with Gasteiger partial charge in [-0.3, -0.25) is 4.99 Å². The van der Waals surface area contributed by atoms with Gasteiger partial charge in [0, 0.05) is 25.6 Å². The second kappa shape index (κ2) is 12.0. The van der Waals surface area contributed by atoms with Crippen molar-refractivity contribution < 1.29 is 0 Å². The molecular weight excluding hydrogens is 447 g/mol. The first-order valence-electron chi connectivity index (χ1n) is 9.12. The number of hydrogen-bond acceptors (Lipinski definition) is 4. The van der Waals surface area contributed by atoms with Crippen LogP contribution in [0.1, 0.15) is 58.2 Å². The van der Waals surface area contributed by atoms with Crippen LogP contribution in [0.4, 0.5) is 0 Å². The Morgan fingerprint density at radius 1 is 1.32 bits per heavy atom. The molecule has 144 valence electrons. The fourth-order valence-corrected chi connectivity index (χ4v) is 3.66. The Bertz CT molecular complexity index is 525. The number of hydrogen-bond donors (Lipinski definition) is 2. The number of aryl methyl sites for hydroxylation is 1. The molecule has 8 heteroatoms. The first-order valence-corrected chi connectivity index (χ1v) is 10.3. The Balaban J connectivity index is 0.00000312. The lowest BCUT2D eigenvalue weighted by atomic mass is 9.96. The van der Waals surface area contributed by atoms with Crippen molar-refractivity contribution in [1.29, 1.82) is 0 Å². The van der Waals surface area contributed by atoms with Gasteiger partial charge in [0.25, 0.3) is 0 Å². The summed E-state index contributed by atoms with van der Waals surface area (Å²) in [7, 11) is 0. The first kappa shape index (κ1) is 22.5. The largest absolute Gasteiger partial charge is 0.370 e. The number of nitrogens with one attached hydrogen (secondary N) is 1. The molecule has 0 spiro atoms. The number of halogens is 1. The van der Waals surface area contributed by atoms with E-state index in [2.05, 4.69) is 38.9 Å². The Morgan fingerprint density at radius 3 is 2.68 bits per heavy atom. The molecule has 25 heavy (non-hydrogen) atoms. The quantitative estimate of drug-likeness (QED) is 0.196. The fraction of sp³-hybridized carbons (Fsp3) is 0.824. The molecule has 0 unspecified atom stereocenters. The molecule has 1 fully saturated rings. The topological polar surface area (TPSA) is 81.1 Å². The molecule has 1 heterocycles. The Labute approximate surface area is 173 Å². The third-order valence-corrected chi connectivity index (χ3v) is 4.99. The maximum absolute atomic E-state index is 6.01. The van der Waals surface area contributed by atoms with Crippen LogP contribution in [0.25, 0.3) is 0 Å². The highest BCUT2D eigenvalue weighted by Gasteiger charge is 2.14. The van der Waals surface area contributed by atoms with E-state index in [4.69, 9.17) is 5.73 Å². The van der Waals surface area contributed by atoms with Crippen LogP contribution < -0.4 is 11.1 Å². The average molecular weight is 480 g/mol. The summed E-state index contributed by atoms with van der Waals surface area (Å²) in [6.45, 7) is 6.13. The van der Waals surface area contributed by atoms with Gasteiger partial charge in [0.1, 0.15) is 5.82 Å². The SMILES string of the molecule is CSc1nnc(CCCN=C(N)NC2CCCCC2)n1CC(C)C.I. The highest BCUT2D eigenvalue weighted by molar-refractivity contribution is 14.0. The number of aliphatic imine (C=N–C) groups is 1. The molecule has 1 aliphatic rings. The number of aromatic nitrogens is 3. The Morgan fingerprint density at radius 2 is 2.04 bits per heavy atom.